The lowest BCUT2D eigenvalue weighted by atomic mass is 10.1. The Bertz CT molecular complexity index is 801. The van der Waals surface area contributed by atoms with Crippen molar-refractivity contribution in [3.05, 3.63) is 51.4 Å². The van der Waals surface area contributed by atoms with E-state index < -0.39 is 0 Å². The van der Waals surface area contributed by atoms with Crippen molar-refractivity contribution in [2.24, 2.45) is 0 Å². The monoisotopic (exact) mass is 375 g/mol. The molecular weight excluding hydrogens is 350 g/mol. The molecule has 0 spiro atoms. The summed E-state index contributed by atoms with van der Waals surface area (Å²) >= 11 is 1.39. The highest BCUT2D eigenvalue weighted by molar-refractivity contribution is 7.98. The molecule has 7 heteroatoms. The van der Waals surface area contributed by atoms with E-state index in [1.807, 2.05) is 44.4 Å². The maximum absolute atomic E-state index is 12.1. The highest BCUT2D eigenvalue weighted by Crippen LogP contribution is 2.14. The lowest BCUT2D eigenvalue weighted by Crippen LogP contribution is -2.25. The number of hydrogen-bond donors (Lipinski definition) is 2. The van der Waals surface area contributed by atoms with Crippen LogP contribution in [-0.4, -0.2) is 28.2 Å². The molecule has 1 aromatic carbocycles. The molecule has 2 rings (SSSR count). The Morgan fingerprint density at radius 1 is 1.31 bits per heavy atom. The van der Waals surface area contributed by atoms with E-state index in [4.69, 9.17) is 4.74 Å². The number of carbonyl (C=O) groups excluding carboxylic acids is 1. The number of aryl methyl sites for hydroxylation is 1. The van der Waals surface area contributed by atoms with Gasteiger partial charge in [0, 0.05) is 24.2 Å². The van der Waals surface area contributed by atoms with E-state index in [2.05, 4.69) is 15.3 Å². The molecule has 1 amide bonds. The summed E-state index contributed by atoms with van der Waals surface area (Å²) in [5.41, 5.74) is 2.06. The minimum Gasteiger partial charge on any atom is -0.491 e. The van der Waals surface area contributed by atoms with E-state index in [9.17, 15) is 9.59 Å². The van der Waals surface area contributed by atoms with Gasteiger partial charge < -0.3 is 15.0 Å². The van der Waals surface area contributed by atoms with E-state index >= 15 is 0 Å². The van der Waals surface area contributed by atoms with Crippen molar-refractivity contribution in [3.63, 3.8) is 0 Å². The van der Waals surface area contributed by atoms with Crippen LogP contribution in [0.3, 0.4) is 0 Å². The third-order valence-corrected chi connectivity index (χ3v) is 4.36. The molecule has 140 valence electrons. The summed E-state index contributed by atoms with van der Waals surface area (Å²) in [7, 11) is 0. The second-order valence-corrected chi connectivity index (χ2v) is 7.02. The van der Waals surface area contributed by atoms with Crippen LogP contribution in [0, 0.1) is 6.92 Å². The van der Waals surface area contributed by atoms with Gasteiger partial charge in [-0.15, -0.1) is 0 Å². The van der Waals surface area contributed by atoms with Gasteiger partial charge in [0.1, 0.15) is 5.75 Å². The fraction of sp³-hybridized carbons (Fsp3) is 0.421. The normalized spacial score (nSPS) is 10.8. The summed E-state index contributed by atoms with van der Waals surface area (Å²) in [4.78, 5) is 31.2. The fourth-order valence-corrected chi connectivity index (χ4v) is 2.88. The smallest absolute Gasteiger partial charge is 0.254 e. The topological polar surface area (TPSA) is 84.1 Å². The first kappa shape index (κ1) is 20.0. The SMILES string of the molecule is CSc1nc(C)c(CCC(=O)NCc2ccc(OC(C)C)cc2)c(=O)[nH]1. The second-order valence-electron chi connectivity index (χ2n) is 6.23. The van der Waals surface area contributed by atoms with Crippen molar-refractivity contribution in [1.29, 1.82) is 0 Å². The minimum atomic E-state index is -0.171. The van der Waals surface area contributed by atoms with Crippen molar-refractivity contribution in [2.45, 2.75) is 51.4 Å². The molecule has 0 radical (unpaired) electrons. The molecule has 2 N–H and O–H groups in total. The van der Waals surface area contributed by atoms with Gasteiger partial charge in [-0.25, -0.2) is 4.98 Å². The number of ether oxygens (including phenoxy) is 1. The number of rotatable bonds is 8. The molecule has 2 aromatic rings. The quantitative estimate of drug-likeness (QED) is 0.547. The lowest BCUT2D eigenvalue weighted by Gasteiger charge is -2.10. The van der Waals surface area contributed by atoms with Gasteiger partial charge in [0.25, 0.3) is 5.56 Å². The summed E-state index contributed by atoms with van der Waals surface area (Å²) in [5, 5.41) is 3.46. The molecule has 0 saturated carbocycles. The molecule has 1 heterocycles. The van der Waals surface area contributed by atoms with Gasteiger partial charge in [0.15, 0.2) is 5.16 Å². The Hall–Kier alpha value is -2.28. The molecule has 26 heavy (non-hydrogen) atoms. The van der Waals surface area contributed by atoms with E-state index in [1.165, 1.54) is 11.8 Å². The summed E-state index contributed by atoms with van der Waals surface area (Å²) < 4.78 is 5.59. The second kappa shape index (κ2) is 9.43. The Kier molecular flexibility index (Phi) is 7.26. The van der Waals surface area contributed by atoms with Crippen LogP contribution >= 0.6 is 11.8 Å². The van der Waals surface area contributed by atoms with Gasteiger partial charge in [-0.1, -0.05) is 23.9 Å². The third kappa shape index (κ3) is 5.91. The Morgan fingerprint density at radius 2 is 2.00 bits per heavy atom. The number of benzene rings is 1. The summed E-state index contributed by atoms with van der Waals surface area (Å²) in [5.74, 6) is 0.714. The number of carbonyl (C=O) groups is 1. The maximum atomic E-state index is 12.1. The standard InChI is InChI=1S/C19H25N3O3S/c1-12(2)25-15-7-5-14(6-8-15)11-20-17(23)10-9-16-13(3)21-19(26-4)22-18(16)24/h5-8,12H,9-11H2,1-4H3,(H,20,23)(H,21,22,24). The van der Waals surface area contributed by atoms with Crippen molar-refractivity contribution in [2.75, 3.05) is 6.26 Å². The van der Waals surface area contributed by atoms with Gasteiger partial charge in [0.05, 0.1) is 6.10 Å². The highest BCUT2D eigenvalue weighted by atomic mass is 32.2. The molecule has 0 aliphatic rings. The van der Waals surface area contributed by atoms with Crippen molar-refractivity contribution < 1.29 is 9.53 Å². The molecule has 0 fully saturated rings. The average Bonchev–Trinajstić information content (AvgIpc) is 2.59. The van der Waals surface area contributed by atoms with E-state index in [-0.39, 0.29) is 24.0 Å². The zero-order chi connectivity index (χ0) is 19.1. The van der Waals surface area contributed by atoms with Crippen LogP contribution in [-0.2, 0) is 17.8 Å². The van der Waals surface area contributed by atoms with Crippen LogP contribution in [0.25, 0.3) is 0 Å². The molecule has 0 atom stereocenters. The number of thioether (sulfide) groups is 1. The number of nitrogens with zero attached hydrogens (tertiary/aromatic N) is 1. The zero-order valence-electron chi connectivity index (χ0n) is 15.6. The fourth-order valence-electron chi connectivity index (χ4n) is 2.46. The van der Waals surface area contributed by atoms with Crippen LogP contribution in [0.2, 0.25) is 0 Å². The van der Waals surface area contributed by atoms with Crippen molar-refractivity contribution in [3.8, 4) is 5.75 Å². The first-order valence-corrected chi connectivity index (χ1v) is 9.77. The van der Waals surface area contributed by atoms with Gasteiger partial charge in [-0.05, 0) is 51.1 Å². The Morgan fingerprint density at radius 3 is 2.58 bits per heavy atom. The number of aromatic nitrogens is 2. The molecule has 0 aliphatic heterocycles. The van der Waals surface area contributed by atoms with Crippen molar-refractivity contribution in [1.82, 2.24) is 15.3 Å². The third-order valence-electron chi connectivity index (χ3n) is 3.78. The number of nitrogens with one attached hydrogen (secondary N) is 2. The number of H-pyrrole nitrogens is 1. The van der Waals surface area contributed by atoms with E-state index in [1.54, 1.807) is 6.92 Å². The highest BCUT2D eigenvalue weighted by Gasteiger charge is 2.10. The molecule has 6 nitrogen and oxygen atoms in total. The Labute approximate surface area is 157 Å². The van der Waals surface area contributed by atoms with Crippen LogP contribution in [0.15, 0.2) is 34.2 Å². The first-order chi connectivity index (χ1) is 12.4. The zero-order valence-corrected chi connectivity index (χ0v) is 16.4. The largest absolute Gasteiger partial charge is 0.491 e. The molecule has 0 saturated heterocycles. The van der Waals surface area contributed by atoms with Gasteiger partial charge >= 0.3 is 0 Å². The predicted octanol–water partition coefficient (Wildman–Crippen LogP) is 2.84. The van der Waals surface area contributed by atoms with Gasteiger partial charge in [-0.3, -0.25) is 9.59 Å². The van der Waals surface area contributed by atoms with E-state index in [0.29, 0.717) is 29.4 Å². The van der Waals surface area contributed by atoms with Gasteiger partial charge in [-0.2, -0.15) is 0 Å². The molecule has 1 aromatic heterocycles. The molecular formula is C19H25N3O3S. The predicted molar refractivity (Wildman–Crippen MR) is 104 cm³/mol. The first-order valence-electron chi connectivity index (χ1n) is 8.55. The Balaban J connectivity index is 1.85. The molecule has 0 unspecified atom stereocenters. The van der Waals surface area contributed by atoms with Crippen LogP contribution in [0.4, 0.5) is 0 Å². The minimum absolute atomic E-state index is 0.0970. The average molecular weight is 375 g/mol. The van der Waals surface area contributed by atoms with Crippen LogP contribution in [0.1, 0.15) is 37.1 Å². The van der Waals surface area contributed by atoms with Crippen LogP contribution in [0.5, 0.6) is 5.75 Å². The molecule has 0 bridgehead atoms. The lowest BCUT2D eigenvalue weighted by molar-refractivity contribution is -0.121. The maximum Gasteiger partial charge on any atom is 0.254 e. The molecule has 0 aliphatic carbocycles. The number of hydrogen-bond acceptors (Lipinski definition) is 5. The summed E-state index contributed by atoms with van der Waals surface area (Å²) in [6.45, 7) is 6.19. The van der Waals surface area contributed by atoms with E-state index in [0.717, 1.165) is 11.3 Å². The van der Waals surface area contributed by atoms with Crippen molar-refractivity contribution >= 4 is 17.7 Å². The number of aromatic amines is 1. The van der Waals surface area contributed by atoms with Gasteiger partial charge in [0.2, 0.25) is 5.91 Å². The van der Waals surface area contributed by atoms with Crippen LogP contribution < -0.4 is 15.6 Å². The summed E-state index contributed by atoms with van der Waals surface area (Å²) in [6, 6.07) is 7.64. The number of amides is 1. The summed E-state index contributed by atoms with van der Waals surface area (Å²) in [6.07, 6.45) is 2.60.